The van der Waals surface area contributed by atoms with Gasteiger partial charge in [0, 0.05) is 11.3 Å². The molecule has 0 bridgehead atoms. The molecule has 0 aliphatic rings. The van der Waals surface area contributed by atoms with Crippen LogP contribution in [0.15, 0.2) is 53.5 Å². The lowest BCUT2D eigenvalue weighted by Crippen LogP contribution is -2.22. The molecule has 0 saturated heterocycles. The van der Waals surface area contributed by atoms with Gasteiger partial charge in [-0.15, -0.1) is 0 Å². The van der Waals surface area contributed by atoms with E-state index in [0.717, 1.165) is 29.1 Å². The molecule has 1 heterocycles. The Balaban J connectivity index is 1.63. The molecule has 0 aliphatic heterocycles. The smallest absolute Gasteiger partial charge is 0.193 e. The Hall–Kier alpha value is -3.15. The highest BCUT2D eigenvalue weighted by Crippen LogP contribution is 2.20. The van der Waals surface area contributed by atoms with Crippen LogP contribution in [0, 0.1) is 6.92 Å². The fraction of sp³-hybridized carbons (Fsp3) is 0.286. The number of aromatic nitrogens is 3. The molecule has 27 heavy (non-hydrogen) atoms. The van der Waals surface area contributed by atoms with Crippen LogP contribution in [0.2, 0.25) is 0 Å². The molecule has 3 rings (SSSR count). The van der Waals surface area contributed by atoms with Crippen molar-refractivity contribution in [2.45, 2.75) is 39.7 Å². The van der Waals surface area contributed by atoms with E-state index in [2.05, 4.69) is 51.5 Å². The molecule has 0 radical (unpaired) electrons. The Morgan fingerprint density at radius 1 is 1.22 bits per heavy atom. The zero-order chi connectivity index (χ0) is 19.2. The van der Waals surface area contributed by atoms with E-state index < -0.39 is 0 Å². The van der Waals surface area contributed by atoms with E-state index in [0.29, 0.717) is 24.2 Å². The van der Waals surface area contributed by atoms with Crippen LogP contribution in [0.4, 0.5) is 5.69 Å². The van der Waals surface area contributed by atoms with Gasteiger partial charge < -0.3 is 11.1 Å². The normalized spacial score (nSPS) is 12.8. The van der Waals surface area contributed by atoms with Gasteiger partial charge in [0.25, 0.3) is 0 Å². The fourth-order valence-electron chi connectivity index (χ4n) is 2.78. The number of nitrogens with two attached hydrogens (primary N) is 1. The summed E-state index contributed by atoms with van der Waals surface area (Å²) in [7, 11) is 0. The largest absolute Gasteiger partial charge is 0.370 e. The maximum atomic E-state index is 6.04. The molecule has 1 unspecified atom stereocenters. The third kappa shape index (κ3) is 4.94. The second kappa shape index (κ2) is 8.49. The summed E-state index contributed by atoms with van der Waals surface area (Å²) < 4.78 is 0. The van der Waals surface area contributed by atoms with Crippen LogP contribution in [0.3, 0.4) is 0 Å². The molecule has 0 fully saturated rings. The zero-order valence-corrected chi connectivity index (χ0v) is 16.0. The van der Waals surface area contributed by atoms with Gasteiger partial charge in [-0.3, -0.25) is 5.10 Å². The highest BCUT2D eigenvalue weighted by atomic mass is 15.2. The number of H-pyrrole nitrogens is 1. The highest BCUT2D eigenvalue weighted by molar-refractivity contribution is 5.92. The van der Waals surface area contributed by atoms with Gasteiger partial charge in [-0.1, -0.05) is 44.2 Å². The van der Waals surface area contributed by atoms with Crippen molar-refractivity contribution in [3.05, 3.63) is 65.5 Å². The summed E-state index contributed by atoms with van der Waals surface area (Å²) in [6, 6.07) is 16.3. The minimum absolute atomic E-state index is 0.394. The maximum Gasteiger partial charge on any atom is 0.193 e. The van der Waals surface area contributed by atoms with Crippen molar-refractivity contribution < 1.29 is 0 Å². The van der Waals surface area contributed by atoms with Gasteiger partial charge in [0.15, 0.2) is 11.8 Å². The molecular formula is C21H26N6. The first kappa shape index (κ1) is 18.6. The Labute approximate surface area is 160 Å². The SMILES string of the molecule is CCC(C)c1ccc(NC(N)=NCc2cccc(-c3n[nH]c(C)n3)c2)cc1. The minimum atomic E-state index is 0.394. The van der Waals surface area contributed by atoms with Gasteiger partial charge in [0.2, 0.25) is 0 Å². The summed E-state index contributed by atoms with van der Waals surface area (Å²) in [6.45, 7) is 6.79. The van der Waals surface area contributed by atoms with Crippen LogP contribution in [-0.4, -0.2) is 21.1 Å². The second-order valence-corrected chi connectivity index (χ2v) is 6.70. The Morgan fingerprint density at radius 2 is 2.00 bits per heavy atom. The number of aliphatic imine (C=N–C) groups is 1. The van der Waals surface area contributed by atoms with Crippen molar-refractivity contribution in [2.24, 2.45) is 10.7 Å². The summed E-state index contributed by atoms with van der Waals surface area (Å²) in [5.74, 6) is 2.43. The van der Waals surface area contributed by atoms with Crippen molar-refractivity contribution in [1.29, 1.82) is 0 Å². The first-order chi connectivity index (χ1) is 13.0. The molecule has 1 atom stereocenters. The van der Waals surface area contributed by atoms with Gasteiger partial charge in [-0.05, 0) is 48.6 Å². The molecule has 0 amide bonds. The van der Waals surface area contributed by atoms with Crippen LogP contribution in [0.1, 0.15) is 43.1 Å². The van der Waals surface area contributed by atoms with Crippen LogP contribution >= 0.6 is 0 Å². The number of anilines is 1. The number of nitrogens with one attached hydrogen (secondary N) is 2. The minimum Gasteiger partial charge on any atom is -0.370 e. The number of aryl methyl sites for hydroxylation is 1. The lowest BCUT2D eigenvalue weighted by Gasteiger charge is -2.11. The number of guanidine groups is 1. The Bertz CT molecular complexity index is 910. The summed E-state index contributed by atoms with van der Waals surface area (Å²) in [6.07, 6.45) is 1.13. The van der Waals surface area contributed by atoms with Crippen LogP contribution < -0.4 is 11.1 Å². The van der Waals surface area contributed by atoms with E-state index in [9.17, 15) is 0 Å². The quantitative estimate of drug-likeness (QED) is 0.452. The molecule has 3 aromatic rings. The van der Waals surface area contributed by atoms with Gasteiger partial charge in [0.05, 0.1) is 6.54 Å². The van der Waals surface area contributed by atoms with Crippen molar-refractivity contribution >= 4 is 11.6 Å². The number of hydrogen-bond acceptors (Lipinski definition) is 3. The molecule has 2 aromatic carbocycles. The summed E-state index contributed by atoms with van der Waals surface area (Å²) in [4.78, 5) is 8.80. The van der Waals surface area contributed by atoms with E-state index in [1.807, 2.05) is 43.3 Å². The first-order valence-corrected chi connectivity index (χ1v) is 9.20. The third-order valence-electron chi connectivity index (χ3n) is 4.58. The van der Waals surface area contributed by atoms with E-state index in [4.69, 9.17) is 5.73 Å². The van der Waals surface area contributed by atoms with E-state index in [1.165, 1.54) is 5.56 Å². The first-order valence-electron chi connectivity index (χ1n) is 9.20. The molecule has 4 N–H and O–H groups in total. The summed E-state index contributed by atoms with van der Waals surface area (Å²) >= 11 is 0. The average molecular weight is 362 g/mol. The Kier molecular flexibility index (Phi) is 5.86. The van der Waals surface area contributed by atoms with Crippen molar-refractivity contribution in [3.63, 3.8) is 0 Å². The summed E-state index contributed by atoms with van der Waals surface area (Å²) in [5.41, 5.74) is 10.3. The molecule has 6 heteroatoms. The lowest BCUT2D eigenvalue weighted by molar-refractivity contribution is 0.734. The van der Waals surface area contributed by atoms with Gasteiger partial charge in [0.1, 0.15) is 5.82 Å². The van der Waals surface area contributed by atoms with Crippen LogP contribution in [0.25, 0.3) is 11.4 Å². The molecule has 6 nitrogen and oxygen atoms in total. The second-order valence-electron chi connectivity index (χ2n) is 6.70. The molecule has 140 valence electrons. The predicted molar refractivity (Wildman–Crippen MR) is 111 cm³/mol. The maximum absolute atomic E-state index is 6.04. The lowest BCUT2D eigenvalue weighted by atomic mass is 9.99. The monoisotopic (exact) mass is 362 g/mol. The van der Waals surface area contributed by atoms with E-state index >= 15 is 0 Å². The number of benzene rings is 2. The Morgan fingerprint density at radius 3 is 2.67 bits per heavy atom. The van der Waals surface area contributed by atoms with Crippen LogP contribution in [-0.2, 0) is 6.54 Å². The number of hydrogen-bond donors (Lipinski definition) is 3. The zero-order valence-electron chi connectivity index (χ0n) is 16.0. The molecule has 0 saturated carbocycles. The van der Waals surface area contributed by atoms with Gasteiger partial charge in [-0.25, -0.2) is 9.98 Å². The number of aromatic amines is 1. The number of rotatable bonds is 6. The van der Waals surface area contributed by atoms with E-state index in [-0.39, 0.29) is 0 Å². The number of nitrogens with zero attached hydrogens (tertiary/aromatic N) is 3. The molecular weight excluding hydrogens is 336 g/mol. The van der Waals surface area contributed by atoms with E-state index in [1.54, 1.807) is 0 Å². The average Bonchev–Trinajstić information content (AvgIpc) is 3.13. The fourth-order valence-corrected chi connectivity index (χ4v) is 2.78. The van der Waals surface area contributed by atoms with Gasteiger partial charge >= 0.3 is 0 Å². The third-order valence-corrected chi connectivity index (χ3v) is 4.58. The molecule has 0 aliphatic carbocycles. The standard InChI is InChI=1S/C21H26N6/c1-4-14(2)17-8-10-19(11-9-17)25-21(22)23-13-16-6-5-7-18(12-16)20-24-15(3)26-27-20/h5-12,14H,4,13H2,1-3H3,(H3,22,23,25)(H,24,26,27). The molecule has 1 aromatic heterocycles. The van der Waals surface area contributed by atoms with Gasteiger partial charge in [-0.2, -0.15) is 5.10 Å². The topological polar surface area (TPSA) is 92.0 Å². The predicted octanol–water partition coefficient (Wildman–Crippen LogP) is 4.22. The van der Waals surface area contributed by atoms with Crippen LogP contribution in [0.5, 0.6) is 0 Å². The van der Waals surface area contributed by atoms with Crippen molar-refractivity contribution in [3.8, 4) is 11.4 Å². The van der Waals surface area contributed by atoms with Crippen molar-refractivity contribution in [1.82, 2.24) is 15.2 Å². The highest BCUT2D eigenvalue weighted by Gasteiger charge is 2.05. The van der Waals surface area contributed by atoms with Crippen molar-refractivity contribution in [2.75, 3.05) is 5.32 Å². The molecule has 0 spiro atoms. The summed E-state index contributed by atoms with van der Waals surface area (Å²) in [5, 5.41) is 10.2.